The molecule has 0 bridgehead atoms. The lowest BCUT2D eigenvalue weighted by Crippen LogP contribution is -2.38. The first-order valence-electron chi connectivity index (χ1n) is 6.63. The summed E-state index contributed by atoms with van der Waals surface area (Å²) in [5.74, 6) is -0.535. The van der Waals surface area contributed by atoms with Crippen molar-refractivity contribution >= 4 is 52.0 Å². The summed E-state index contributed by atoms with van der Waals surface area (Å²) in [6.45, 7) is 0.561. The molecule has 1 aromatic heterocycles. The number of hydrogen-bond donors (Lipinski definition) is 1. The van der Waals surface area contributed by atoms with Crippen molar-refractivity contribution in [1.29, 1.82) is 0 Å². The number of anilines is 1. The van der Waals surface area contributed by atoms with Crippen LogP contribution >= 0.6 is 34.5 Å². The Labute approximate surface area is 141 Å². The summed E-state index contributed by atoms with van der Waals surface area (Å²) in [6, 6.07) is 8.09. The van der Waals surface area contributed by atoms with Crippen molar-refractivity contribution in [3.63, 3.8) is 0 Å². The molecule has 1 aliphatic heterocycles. The van der Waals surface area contributed by atoms with E-state index in [1.807, 2.05) is 17.5 Å². The number of nitrogens with one attached hydrogen (secondary N) is 1. The molecule has 3 rings (SSSR count). The van der Waals surface area contributed by atoms with Crippen LogP contribution in [0, 0.1) is 0 Å². The number of hydrogen-bond acceptors (Lipinski definition) is 4. The Morgan fingerprint density at radius 1 is 1.23 bits per heavy atom. The van der Waals surface area contributed by atoms with Crippen LogP contribution in [-0.2, 0) is 16.1 Å². The van der Waals surface area contributed by atoms with Gasteiger partial charge in [-0.15, -0.1) is 11.3 Å². The van der Waals surface area contributed by atoms with E-state index in [-0.39, 0.29) is 18.2 Å². The molecule has 1 saturated heterocycles. The number of thiophene rings is 1. The van der Waals surface area contributed by atoms with Gasteiger partial charge < -0.3 is 5.32 Å². The standard InChI is InChI=1S/C15H12Cl2N2O2S/c16-9-4-10(17)6-11(5-9)19-14(20)7-13(15(19)21)18-8-12-2-1-3-22-12/h1-6,13,18H,7-8H2/t13-/m1/s1. The molecule has 22 heavy (non-hydrogen) atoms. The van der Waals surface area contributed by atoms with Crippen LogP contribution < -0.4 is 10.2 Å². The average molecular weight is 355 g/mol. The summed E-state index contributed by atoms with van der Waals surface area (Å²) < 4.78 is 0. The van der Waals surface area contributed by atoms with Crippen LogP contribution in [0.15, 0.2) is 35.7 Å². The van der Waals surface area contributed by atoms with Crippen molar-refractivity contribution < 1.29 is 9.59 Å². The predicted molar refractivity (Wildman–Crippen MR) is 88.5 cm³/mol. The Morgan fingerprint density at radius 2 is 1.95 bits per heavy atom. The van der Waals surface area contributed by atoms with E-state index in [2.05, 4.69) is 5.32 Å². The summed E-state index contributed by atoms with van der Waals surface area (Å²) >= 11 is 13.5. The van der Waals surface area contributed by atoms with Gasteiger partial charge in [-0.05, 0) is 29.6 Å². The highest BCUT2D eigenvalue weighted by molar-refractivity contribution is 7.09. The Kier molecular flexibility index (Phi) is 4.49. The highest BCUT2D eigenvalue weighted by Crippen LogP contribution is 2.29. The van der Waals surface area contributed by atoms with Crippen molar-refractivity contribution in [2.75, 3.05) is 4.90 Å². The van der Waals surface area contributed by atoms with E-state index >= 15 is 0 Å². The second-order valence-corrected chi connectivity index (χ2v) is 6.82. The molecule has 4 nitrogen and oxygen atoms in total. The molecule has 1 aliphatic rings. The van der Waals surface area contributed by atoms with Gasteiger partial charge in [-0.3, -0.25) is 9.59 Å². The van der Waals surface area contributed by atoms with Crippen LogP contribution in [0.1, 0.15) is 11.3 Å². The van der Waals surface area contributed by atoms with Crippen molar-refractivity contribution in [1.82, 2.24) is 5.32 Å². The second-order valence-electron chi connectivity index (χ2n) is 4.91. The first kappa shape index (κ1) is 15.5. The minimum Gasteiger partial charge on any atom is -0.300 e. The van der Waals surface area contributed by atoms with Crippen LogP contribution in [0.2, 0.25) is 10.0 Å². The van der Waals surface area contributed by atoms with Gasteiger partial charge in [0.1, 0.15) is 0 Å². The number of imide groups is 1. The maximum Gasteiger partial charge on any atom is 0.251 e. The first-order chi connectivity index (χ1) is 10.5. The molecule has 0 saturated carbocycles. The first-order valence-corrected chi connectivity index (χ1v) is 8.27. The third-order valence-corrected chi connectivity index (χ3v) is 4.67. The minimum absolute atomic E-state index is 0.133. The number of carbonyl (C=O) groups is 2. The Hall–Kier alpha value is -1.40. The maximum atomic E-state index is 12.5. The van der Waals surface area contributed by atoms with Gasteiger partial charge >= 0.3 is 0 Å². The molecule has 114 valence electrons. The van der Waals surface area contributed by atoms with Gasteiger partial charge in [-0.2, -0.15) is 0 Å². The third-order valence-electron chi connectivity index (χ3n) is 3.35. The molecule has 1 N–H and O–H groups in total. The van der Waals surface area contributed by atoms with Gasteiger partial charge in [0.05, 0.1) is 18.2 Å². The zero-order valence-electron chi connectivity index (χ0n) is 11.4. The zero-order valence-corrected chi connectivity index (χ0v) is 13.7. The lowest BCUT2D eigenvalue weighted by atomic mass is 10.2. The lowest BCUT2D eigenvalue weighted by Gasteiger charge is -2.16. The fourth-order valence-electron chi connectivity index (χ4n) is 2.37. The van der Waals surface area contributed by atoms with Crippen molar-refractivity contribution in [2.24, 2.45) is 0 Å². The zero-order chi connectivity index (χ0) is 15.7. The van der Waals surface area contributed by atoms with E-state index in [0.29, 0.717) is 22.3 Å². The summed E-state index contributed by atoms with van der Waals surface area (Å²) in [5.41, 5.74) is 0.410. The van der Waals surface area contributed by atoms with Crippen LogP contribution in [0.25, 0.3) is 0 Å². The molecule has 0 spiro atoms. The molecular formula is C15H12Cl2N2O2S. The normalized spacial score (nSPS) is 18.3. The summed E-state index contributed by atoms with van der Waals surface area (Å²) in [6.07, 6.45) is 0.133. The average Bonchev–Trinajstić information content (AvgIpc) is 3.04. The van der Waals surface area contributed by atoms with Crippen LogP contribution in [0.3, 0.4) is 0 Å². The number of rotatable bonds is 4. The van der Waals surface area contributed by atoms with E-state index < -0.39 is 6.04 Å². The molecule has 1 atom stereocenters. The number of amides is 2. The number of benzene rings is 1. The Bertz CT molecular complexity index is 698. The van der Waals surface area contributed by atoms with E-state index in [0.717, 1.165) is 9.78 Å². The molecule has 1 fully saturated rings. The topological polar surface area (TPSA) is 49.4 Å². The van der Waals surface area contributed by atoms with Crippen LogP contribution in [0.4, 0.5) is 5.69 Å². The molecule has 2 aromatic rings. The molecule has 2 heterocycles. The third kappa shape index (κ3) is 3.17. The monoisotopic (exact) mass is 354 g/mol. The molecule has 0 radical (unpaired) electrons. The maximum absolute atomic E-state index is 12.5. The highest BCUT2D eigenvalue weighted by atomic mass is 35.5. The quantitative estimate of drug-likeness (QED) is 0.855. The van der Waals surface area contributed by atoms with E-state index in [1.54, 1.807) is 29.5 Å². The van der Waals surface area contributed by atoms with Crippen LogP contribution in [-0.4, -0.2) is 17.9 Å². The largest absolute Gasteiger partial charge is 0.300 e. The molecule has 0 unspecified atom stereocenters. The lowest BCUT2D eigenvalue weighted by molar-refractivity contribution is -0.121. The number of nitrogens with zero attached hydrogens (tertiary/aromatic N) is 1. The van der Waals surface area contributed by atoms with Crippen molar-refractivity contribution in [3.8, 4) is 0 Å². The Balaban J connectivity index is 1.76. The van der Waals surface area contributed by atoms with Gasteiger partial charge in [-0.25, -0.2) is 4.90 Å². The fourth-order valence-corrected chi connectivity index (χ4v) is 3.54. The van der Waals surface area contributed by atoms with E-state index in [4.69, 9.17) is 23.2 Å². The van der Waals surface area contributed by atoms with Gasteiger partial charge in [-0.1, -0.05) is 29.3 Å². The van der Waals surface area contributed by atoms with Crippen molar-refractivity contribution in [2.45, 2.75) is 19.0 Å². The summed E-state index contributed by atoms with van der Waals surface area (Å²) in [4.78, 5) is 26.9. The molecule has 2 amide bonds. The Morgan fingerprint density at radius 3 is 2.59 bits per heavy atom. The number of halogens is 2. The van der Waals surface area contributed by atoms with Gasteiger partial charge in [0.2, 0.25) is 5.91 Å². The predicted octanol–water partition coefficient (Wildman–Crippen LogP) is 3.48. The second kappa shape index (κ2) is 6.38. The van der Waals surface area contributed by atoms with Gasteiger partial charge in [0.25, 0.3) is 5.91 Å². The smallest absolute Gasteiger partial charge is 0.251 e. The van der Waals surface area contributed by atoms with Crippen molar-refractivity contribution in [3.05, 3.63) is 50.6 Å². The van der Waals surface area contributed by atoms with E-state index in [1.165, 1.54) is 0 Å². The van der Waals surface area contributed by atoms with Gasteiger partial charge in [0, 0.05) is 21.5 Å². The SMILES string of the molecule is O=C1C[C@@H](NCc2cccs2)C(=O)N1c1cc(Cl)cc(Cl)c1. The van der Waals surface area contributed by atoms with Crippen LogP contribution in [0.5, 0.6) is 0 Å². The van der Waals surface area contributed by atoms with Gasteiger partial charge in [0.15, 0.2) is 0 Å². The molecule has 1 aromatic carbocycles. The molecule has 7 heteroatoms. The summed E-state index contributed by atoms with van der Waals surface area (Å²) in [5, 5.41) is 5.87. The minimum atomic E-state index is -0.521. The highest BCUT2D eigenvalue weighted by Gasteiger charge is 2.39. The summed E-state index contributed by atoms with van der Waals surface area (Å²) in [7, 11) is 0. The molecular weight excluding hydrogens is 343 g/mol. The number of carbonyl (C=O) groups excluding carboxylic acids is 2. The fraction of sp³-hybridized carbons (Fsp3) is 0.200. The van der Waals surface area contributed by atoms with E-state index in [9.17, 15) is 9.59 Å². The molecule has 0 aliphatic carbocycles.